The third-order valence-electron chi connectivity index (χ3n) is 5.76. The van der Waals surface area contributed by atoms with Crippen molar-refractivity contribution in [2.24, 2.45) is 5.92 Å². The molecule has 1 aromatic carbocycles. The number of ether oxygens (including phenoxy) is 1. The van der Waals surface area contributed by atoms with Gasteiger partial charge in [0.15, 0.2) is 5.82 Å². The zero-order valence-electron chi connectivity index (χ0n) is 18.1. The number of rotatable bonds is 6. The summed E-state index contributed by atoms with van der Waals surface area (Å²) in [5, 5.41) is 10.6. The predicted molar refractivity (Wildman–Crippen MR) is 113 cm³/mol. The quantitative estimate of drug-likeness (QED) is 0.636. The minimum absolute atomic E-state index is 0.0345. The van der Waals surface area contributed by atoms with E-state index < -0.39 is 35.1 Å². The molecule has 8 nitrogen and oxygen atoms in total. The van der Waals surface area contributed by atoms with E-state index in [1.54, 1.807) is 11.0 Å². The van der Waals surface area contributed by atoms with Crippen LogP contribution in [-0.2, 0) is 6.18 Å². The molecule has 0 radical (unpaired) electrons. The van der Waals surface area contributed by atoms with E-state index >= 15 is 0 Å². The van der Waals surface area contributed by atoms with Crippen LogP contribution >= 0.6 is 0 Å². The van der Waals surface area contributed by atoms with Crippen molar-refractivity contribution in [1.29, 1.82) is 0 Å². The van der Waals surface area contributed by atoms with Gasteiger partial charge in [0.25, 0.3) is 5.91 Å². The molecule has 1 aliphatic carbocycles. The second-order valence-corrected chi connectivity index (χ2v) is 8.22. The van der Waals surface area contributed by atoms with Gasteiger partial charge in [-0.05, 0) is 30.5 Å². The Labute approximate surface area is 192 Å². The van der Waals surface area contributed by atoms with Gasteiger partial charge in [0.1, 0.15) is 11.4 Å². The highest BCUT2D eigenvalue weighted by Crippen LogP contribution is 2.35. The van der Waals surface area contributed by atoms with Gasteiger partial charge in [-0.2, -0.15) is 13.2 Å². The Balaban J connectivity index is 1.31. The van der Waals surface area contributed by atoms with Gasteiger partial charge >= 0.3 is 12.3 Å². The molecule has 2 aromatic rings. The van der Waals surface area contributed by atoms with Crippen LogP contribution in [0.4, 0.5) is 28.2 Å². The van der Waals surface area contributed by atoms with Crippen molar-refractivity contribution < 1.29 is 31.9 Å². The summed E-state index contributed by atoms with van der Waals surface area (Å²) in [5.74, 6) is -1.17. The Hall–Kier alpha value is -3.44. The van der Waals surface area contributed by atoms with Crippen LogP contribution in [0.15, 0.2) is 30.3 Å². The highest BCUT2D eigenvalue weighted by molar-refractivity contribution is 5.96. The zero-order chi connectivity index (χ0) is 24.3. The van der Waals surface area contributed by atoms with E-state index in [1.165, 1.54) is 23.8 Å². The Bertz CT molecular complexity index is 1040. The molecule has 1 saturated carbocycles. The fourth-order valence-corrected chi connectivity index (χ4v) is 3.75. The number of carbonyl (C=O) groups is 2. The maximum Gasteiger partial charge on any atom is 0.420 e. The van der Waals surface area contributed by atoms with E-state index in [-0.39, 0.29) is 19.0 Å². The van der Waals surface area contributed by atoms with Crippen molar-refractivity contribution in [3.63, 3.8) is 0 Å². The summed E-state index contributed by atoms with van der Waals surface area (Å²) < 4.78 is 58.7. The summed E-state index contributed by atoms with van der Waals surface area (Å²) in [5.41, 5.74) is -2.27. The van der Waals surface area contributed by atoms with Crippen LogP contribution in [0, 0.1) is 11.7 Å². The number of amides is 2. The van der Waals surface area contributed by atoms with Crippen LogP contribution in [0.2, 0.25) is 0 Å². The van der Waals surface area contributed by atoms with Crippen LogP contribution < -0.4 is 15.0 Å². The molecule has 34 heavy (non-hydrogen) atoms. The van der Waals surface area contributed by atoms with E-state index in [0.717, 1.165) is 18.6 Å². The van der Waals surface area contributed by atoms with E-state index in [4.69, 9.17) is 4.74 Å². The van der Waals surface area contributed by atoms with Gasteiger partial charge < -0.3 is 19.9 Å². The number of hydrogen-bond donors (Lipinski definition) is 1. The Morgan fingerprint density at radius 1 is 1.06 bits per heavy atom. The van der Waals surface area contributed by atoms with Gasteiger partial charge in [-0.15, -0.1) is 10.2 Å². The SMILES string of the molecule is O=C(NCCC1CC1)Oc1ccc(N2CCN(C(=O)c3cccc(F)c3C(F)(F)F)CC2)nn1. The number of benzene rings is 1. The predicted octanol–water partition coefficient (Wildman–Crippen LogP) is 3.49. The number of nitrogens with zero attached hydrogens (tertiary/aromatic N) is 4. The molecule has 2 fully saturated rings. The number of halogens is 4. The summed E-state index contributed by atoms with van der Waals surface area (Å²) in [4.78, 5) is 27.5. The maximum atomic E-state index is 13.8. The standard InChI is InChI=1S/C22H23F4N5O3/c23-16-3-1-2-15(19(16)22(24,25)26)20(32)31-12-10-30(11-13-31)17-6-7-18(29-28-17)34-21(33)27-9-8-14-4-5-14/h1-3,6-7,14H,4-5,8-13H2,(H,27,33). The summed E-state index contributed by atoms with van der Waals surface area (Å²) in [6, 6.07) is 5.84. The third kappa shape index (κ3) is 5.72. The number of aromatic nitrogens is 2. The lowest BCUT2D eigenvalue weighted by atomic mass is 10.0. The average molecular weight is 481 g/mol. The number of hydrogen-bond acceptors (Lipinski definition) is 6. The normalized spacial score (nSPS) is 16.4. The van der Waals surface area contributed by atoms with Gasteiger partial charge in [0, 0.05) is 38.8 Å². The van der Waals surface area contributed by atoms with Gasteiger partial charge in [-0.3, -0.25) is 4.79 Å². The third-order valence-corrected chi connectivity index (χ3v) is 5.76. The molecule has 182 valence electrons. The highest BCUT2D eigenvalue weighted by atomic mass is 19.4. The second kappa shape index (κ2) is 9.82. The lowest BCUT2D eigenvalue weighted by molar-refractivity contribution is -0.140. The minimum atomic E-state index is -4.98. The number of alkyl halides is 3. The largest absolute Gasteiger partial charge is 0.420 e. The zero-order valence-corrected chi connectivity index (χ0v) is 18.1. The van der Waals surface area contributed by atoms with Crippen LogP contribution in [-0.4, -0.2) is 59.8 Å². The van der Waals surface area contributed by atoms with Crippen molar-refractivity contribution in [3.8, 4) is 5.88 Å². The molecule has 1 N–H and O–H groups in total. The fraction of sp³-hybridized carbons (Fsp3) is 0.455. The maximum absolute atomic E-state index is 13.8. The molecular formula is C22H23F4N5O3. The van der Waals surface area contributed by atoms with Crippen molar-refractivity contribution in [2.75, 3.05) is 37.6 Å². The molecule has 1 saturated heterocycles. The summed E-state index contributed by atoms with van der Waals surface area (Å²) in [6.07, 6.45) is -2.27. The topological polar surface area (TPSA) is 87.7 Å². The molecule has 2 heterocycles. The lowest BCUT2D eigenvalue weighted by Gasteiger charge is -2.35. The molecule has 2 amide bonds. The van der Waals surface area contributed by atoms with Crippen LogP contribution in [0.3, 0.4) is 0 Å². The molecule has 4 rings (SSSR count). The molecule has 0 unspecified atom stereocenters. The van der Waals surface area contributed by atoms with E-state index in [0.29, 0.717) is 37.4 Å². The lowest BCUT2D eigenvalue weighted by Crippen LogP contribution is -2.49. The second-order valence-electron chi connectivity index (χ2n) is 8.22. The van der Waals surface area contributed by atoms with Crippen LogP contribution in [0.1, 0.15) is 35.2 Å². The summed E-state index contributed by atoms with van der Waals surface area (Å²) in [7, 11) is 0. The van der Waals surface area contributed by atoms with E-state index in [9.17, 15) is 27.2 Å². The van der Waals surface area contributed by atoms with Gasteiger partial charge in [0.2, 0.25) is 5.88 Å². The number of anilines is 1. The van der Waals surface area contributed by atoms with Gasteiger partial charge in [0.05, 0.1) is 5.56 Å². The van der Waals surface area contributed by atoms with E-state index in [2.05, 4.69) is 15.5 Å². The Morgan fingerprint density at radius 3 is 2.41 bits per heavy atom. The first-order valence-electron chi connectivity index (χ1n) is 10.9. The molecule has 1 aromatic heterocycles. The van der Waals surface area contributed by atoms with E-state index in [1.807, 2.05) is 0 Å². The first-order chi connectivity index (χ1) is 16.2. The summed E-state index contributed by atoms with van der Waals surface area (Å²) >= 11 is 0. The molecule has 12 heteroatoms. The fourth-order valence-electron chi connectivity index (χ4n) is 3.75. The molecule has 1 aliphatic heterocycles. The molecule has 0 bridgehead atoms. The smallest absolute Gasteiger partial charge is 0.390 e. The van der Waals surface area contributed by atoms with Crippen molar-refractivity contribution in [2.45, 2.75) is 25.4 Å². The van der Waals surface area contributed by atoms with Crippen LogP contribution in [0.5, 0.6) is 5.88 Å². The molecule has 0 atom stereocenters. The van der Waals surface area contributed by atoms with Gasteiger partial charge in [-0.25, -0.2) is 9.18 Å². The summed E-state index contributed by atoms with van der Waals surface area (Å²) in [6.45, 7) is 1.36. The van der Waals surface area contributed by atoms with Crippen LogP contribution in [0.25, 0.3) is 0 Å². The van der Waals surface area contributed by atoms with Crippen molar-refractivity contribution in [1.82, 2.24) is 20.4 Å². The first-order valence-corrected chi connectivity index (χ1v) is 10.9. The Morgan fingerprint density at radius 2 is 1.79 bits per heavy atom. The Kier molecular flexibility index (Phi) is 6.85. The van der Waals surface area contributed by atoms with Gasteiger partial charge in [-0.1, -0.05) is 18.9 Å². The average Bonchev–Trinajstić information content (AvgIpc) is 3.63. The first kappa shape index (κ1) is 23.7. The van der Waals surface area contributed by atoms with Crippen molar-refractivity contribution in [3.05, 3.63) is 47.3 Å². The number of carbonyl (C=O) groups excluding carboxylic acids is 2. The number of piperazine rings is 1. The monoisotopic (exact) mass is 481 g/mol. The molecule has 2 aliphatic rings. The molecular weight excluding hydrogens is 458 g/mol. The van der Waals surface area contributed by atoms with Crippen molar-refractivity contribution >= 4 is 17.8 Å². The highest BCUT2D eigenvalue weighted by Gasteiger charge is 2.39. The number of nitrogens with one attached hydrogen (secondary N) is 1. The molecule has 0 spiro atoms. The minimum Gasteiger partial charge on any atom is -0.390 e.